The zero-order chi connectivity index (χ0) is 24.0. The number of hydrogen-bond donors (Lipinski definition) is 1. The molecule has 5 rings (SSSR count). The van der Waals surface area contributed by atoms with Gasteiger partial charge in [-0.2, -0.15) is 0 Å². The maximum atomic E-state index is 12.7. The first-order chi connectivity index (χ1) is 17.2. The van der Waals surface area contributed by atoms with Crippen LogP contribution in [-0.4, -0.2) is 46.1 Å². The van der Waals surface area contributed by atoms with Gasteiger partial charge in [0.05, 0.1) is 32.3 Å². The molecule has 1 saturated heterocycles. The molecule has 8 nitrogen and oxygen atoms in total. The van der Waals surface area contributed by atoms with Gasteiger partial charge in [-0.15, -0.1) is 0 Å². The number of carbonyl (C=O) groups excluding carboxylic acids is 1. The summed E-state index contributed by atoms with van der Waals surface area (Å²) >= 11 is 0. The lowest BCUT2D eigenvalue weighted by Crippen LogP contribution is -2.38. The van der Waals surface area contributed by atoms with Crippen LogP contribution in [0, 0.1) is 0 Å². The second-order valence-electron chi connectivity index (χ2n) is 8.92. The van der Waals surface area contributed by atoms with Gasteiger partial charge in [0.25, 0.3) is 0 Å². The van der Waals surface area contributed by atoms with E-state index in [4.69, 9.17) is 14.5 Å². The standard InChI is InChI=1S/C27H31N5O3/c1-34-25-21-18-32-23(17-20-9-5-4-6-10-20)26(33)30-27(32)29-22(21)11-12-24(25)35-16-8-3-2-7-14-31-15-13-28-19-31/h4-6,9-13,15,19,23H,2-3,7-8,14,16-18H2,1H3,(H,29,30,33). The van der Waals surface area contributed by atoms with E-state index in [1.807, 2.05) is 66.1 Å². The van der Waals surface area contributed by atoms with Crippen LogP contribution in [0.15, 0.2) is 66.2 Å². The molecule has 0 radical (unpaired) electrons. The number of carbonyl (C=O) groups is 1. The number of benzene rings is 2. The average molecular weight is 474 g/mol. The normalized spacial score (nSPS) is 16.4. The van der Waals surface area contributed by atoms with E-state index in [-0.39, 0.29) is 11.9 Å². The Bertz CT molecular complexity index is 1180. The number of unbranched alkanes of at least 4 members (excludes halogenated alkanes) is 3. The quantitative estimate of drug-likeness (QED) is 0.425. The Morgan fingerprint density at radius 1 is 1.09 bits per heavy atom. The number of aryl methyl sites for hydroxylation is 1. The predicted octanol–water partition coefficient (Wildman–Crippen LogP) is 4.08. The molecule has 1 fully saturated rings. The molecule has 2 aliphatic heterocycles. The molecule has 0 aliphatic carbocycles. The molecule has 182 valence electrons. The Balaban J connectivity index is 1.20. The highest BCUT2D eigenvalue weighted by molar-refractivity contribution is 6.08. The van der Waals surface area contributed by atoms with Crippen molar-refractivity contribution in [2.24, 2.45) is 4.99 Å². The number of imidazole rings is 1. The number of rotatable bonds is 11. The van der Waals surface area contributed by atoms with Crippen LogP contribution >= 0.6 is 0 Å². The van der Waals surface area contributed by atoms with E-state index < -0.39 is 0 Å². The molecular formula is C27H31N5O3. The fourth-order valence-corrected chi connectivity index (χ4v) is 4.70. The lowest BCUT2D eigenvalue weighted by atomic mass is 10.0. The third kappa shape index (κ3) is 5.16. The van der Waals surface area contributed by atoms with Gasteiger partial charge in [-0.25, -0.2) is 9.98 Å². The Morgan fingerprint density at radius 2 is 1.94 bits per heavy atom. The molecule has 1 aromatic heterocycles. The minimum Gasteiger partial charge on any atom is -0.492 e. The first-order valence-corrected chi connectivity index (χ1v) is 12.2. The van der Waals surface area contributed by atoms with Gasteiger partial charge in [0, 0.05) is 30.9 Å². The lowest BCUT2D eigenvalue weighted by Gasteiger charge is -2.29. The maximum absolute atomic E-state index is 12.7. The third-order valence-electron chi connectivity index (χ3n) is 6.54. The Hall–Kier alpha value is -3.81. The monoisotopic (exact) mass is 473 g/mol. The summed E-state index contributed by atoms with van der Waals surface area (Å²) in [7, 11) is 1.66. The SMILES string of the molecule is COc1c(OCCCCCCn2ccnc2)ccc2c1CN1C(=N2)NC(=O)C1Cc1ccccc1. The molecule has 0 saturated carbocycles. The number of guanidine groups is 1. The van der Waals surface area contributed by atoms with Crippen LogP contribution < -0.4 is 14.8 Å². The van der Waals surface area contributed by atoms with Crippen molar-refractivity contribution in [3.8, 4) is 11.5 Å². The van der Waals surface area contributed by atoms with Crippen molar-refractivity contribution in [1.29, 1.82) is 0 Å². The van der Waals surface area contributed by atoms with E-state index in [1.165, 1.54) is 0 Å². The molecule has 1 atom stereocenters. The molecular weight excluding hydrogens is 442 g/mol. The number of nitrogens with zero attached hydrogens (tertiary/aromatic N) is 4. The summed E-state index contributed by atoms with van der Waals surface area (Å²) in [6.45, 7) is 2.18. The Kier molecular flexibility index (Phi) is 6.97. The zero-order valence-electron chi connectivity index (χ0n) is 20.0. The van der Waals surface area contributed by atoms with Crippen LogP contribution in [-0.2, 0) is 24.3 Å². The maximum Gasteiger partial charge on any atom is 0.249 e. The van der Waals surface area contributed by atoms with Crippen molar-refractivity contribution in [3.05, 3.63) is 72.3 Å². The lowest BCUT2D eigenvalue weighted by molar-refractivity contribution is -0.121. The third-order valence-corrected chi connectivity index (χ3v) is 6.54. The highest BCUT2D eigenvalue weighted by Crippen LogP contribution is 2.41. The molecule has 1 N–H and O–H groups in total. The molecule has 0 spiro atoms. The molecule has 3 aromatic rings. The van der Waals surface area contributed by atoms with Crippen molar-refractivity contribution in [3.63, 3.8) is 0 Å². The van der Waals surface area contributed by atoms with Crippen LogP contribution in [0.3, 0.4) is 0 Å². The second-order valence-corrected chi connectivity index (χ2v) is 8.92. The molecule has 2 aliphatic rings. The van der Waals surface area contributed by atoms with Crippen molar-refractivity contribution in [2.45, 2.75) is 51.2 Å². The van der Waals surface area contributed by atoms with Crippen molar-refractivity contribution < 1.29 is 14.3 Å². The second kappa shape index (κ2) is 10.6. The molecule has 0 bridgehead atoms. The van der Waals surface area contributed by atoms with Gasteiger partial charge in [0.2, 0.25) is 11.9 Å². The van der Waals surface area contributed by atoms with Crippen LogP contribution in [0.1, 0.15) is 36.8 Å². The molecule has 8 heteroatoms. The average Bonchev–Trinajstić information content (AvgIpc) is 3.50. The first-order valence-electron chi connectivity index (χ1n) is 12.2. The number of aromatic nitrogens is 2. The van der Waals surface area contributed by atoms with E-state index in [1.54, 1.807) is 7.11 Å². The molecule has 3 heterocycles. The van der Waals surface area contributed by atoms with Crippen LogP contribution in [0.4, 0.5) is 5.69 Å². The van der Waals surface area contributed by atoms with E-state index in [9.17, 15) is 4.79 Å². The minimum atomic E-state index is -0.305. The summed E-state index contributed by atoms with van der Waals surface area (Å²) in [5.41, 5.74) is 2.87. The summed E-state index contributed by atoms with van der Waals surface area (Å²) in [6, 6.07) is 13.6. The van der Waals surface area contributed by atoms with Crippen LogP contribution in [0.25, 0.3) is 0 Å². The van der Waals surface area contributed by atoms with E-state index in [2.05, 4.69) is 14.9 Å². The van der Waals surface area contributed by atoms with Gasteiger partial charge in [0.1, 0.15) is 6.04 Å². The number of hydrogen-bond acceptors (Lipinski definition) is 6. The number of ether oxygens (including phenoxy) is 2. The van der Waals surface area contributed by atoms with Crippen molar-refractivity contribution in [2.75, 3.05) is 13.7 Å². The number of nitrogens with one attached hydrogen (secondary N) is 1. The van der Waals surface area contributed by atoms with Gasteiger partial charge in [-0.1, -0.05) is 43.2 Å². The summed E-state index contributed by atoms with van der Waals surface area (Å²) in [5, 5.41) is 2.95. The van der Waals surface area contributed by atoms with Gasteiger partial charge in [-0.3, -0.25) is 10.1 Å². The molecule has 1 amide bonds. The van der Waals surface area contributed by atoms with E-state index in [0.717, 1.165) is 54.8 Å². The topological polar surface area (TPSA) is 81.0 Å². The predicted molar refractivity (Wildman–Crippen MR) is 134 cm³/mol. The Morgan fingerprint density at radius 3 is 2.74 bits per heavy atom. The highest BCUT2D eigenvalue weighted by Gasteiger charge is 2.40. The number of fused-ring (bicyclic) bond motifs is 2. The van der Waals surface area contributed by atoms with Crippen LogP contribution in [0.2, 0.25) is 0 Å². The summed E-state index contributed by atoms with van der Waals surface area (Å²) in [4.78, 5) is 23.6. The molecule has 2 aromatic carbocycles. The van der Waals surface area contributed by atoms with Crippen molar-refractivity contribution >= 4 is 17.6 Å². The van der Waals surface area contributed by atoms with Crippen LogP contribution in [0.5, 0.6) is 11.5 Å². The minimum absolute atomic E-state index is 0.0242. The van der Waals surface area contributed by atoms with E-state index >= 15 is 0 Å². The largest absolute Gasteiger partial charge is 0.492 e. The summed E-state index contributed by atoms with van der Waals surface area (Å²) in [5.74, 6) is 2.00. The van der Waals surface area contributed by atoms with E-state index in [0.29, 0.717) is 31.3 Å². The summed E-state index contributed by atoms with van der Waals surface area (Å²) in [6.07, 6.45) is 10.7. The smallest absolute Gasteiger partial charge is 0.249 e. The Labute approximate surface area is 205 Å². The fraction of sp³-hybridized carbons (Fsp3) is 0.370. The fourth-order valence-electron chi connectivity index (χ4n) is 4.70. The molecule has 1 unspecified atom stereocenters. The first kappa shape index (κ1) is 23.0. The zero-order valence-corrected chi connectivity index (χ0v) is 20.0. The van der Waals surface area contributed by atoms with Gasteiger partial charge >= 0.3 is 0 Å². The number of methoxy groups -OCH3 is 1. The van der Waals surface area contributed by atoms with Gasteiger partial charge < -0.3 is 18.9 Å². The van der Waals surface area contributed by atoms with Gasteiger partial charge in [-0.05, 0) is 30.5 Å². The number of amides is 1. The highest BCUT2D eigenvalue weighted by atomic mass is 16.5. The number of aliphatic imine (C=N–C) groups is 1. The molecule has 35 heavy (non-hydrogen) atoms. The van der Waals surface area contributed by atoms with Gasteiger partial charge in [0.15, 0.2) is 11.5 Å². The summed E-state index contributed by atoms with van der Waals surface area (Å²) < 4.78 is 14.0. The van der Waals surface area contributed by atoms with Crippen molar-refractivity contribution in [1.82, 2.24) is 19.8 Å².